The molecule has 0 heterocycles. The minimum Gasteiger partial charge on any atom is -0.350 e. The summed E-state index contributed by atoms with van der Waals surface area (Å²) in [5.74, 6) is -0.0405. The summed E-state index contributed by atoms with van der Waals surface area (Å²) in [6, 6.07) is 7.55. The van der Waals surface area contributed by atoms with Crippen LogP contribution in [0.2, 0.25) is 0 Å². The smallest absolute Gasteiger partial charge is 0.251 e. The van der Waals surface area contributed by atoms with Gasteiger partial charge in [0.15, 0.2) is 0 Å². The molecule has 1 rings (SSSR count). The molecule has 0 aliphatic carbocycles. The molecular weight excluding hydrogens is 224 g/mol. The van der Waals surface area contributed by atoms with E-state index in [0.717, 1.165) is 5.56 Å². The molecule has 0 saturated heterocycles. The van der Waals surface area contributed by atoms with Crippen molar-refractivity contribution in [3.05, 3.63) is 35.4 Å². The van der Waals surface area contributed by atoms with E-state index in [2.05, 4.69) is 5.32 Å². The summed E-state index contributed by atoms with van der Waals surface area (Å²) < 4.78 is 0. The fourth-order valence-corrected chi connectivity index (χ4v) is 1.28. The fourth-order valence-electron chi connectivity index (χ4n) is 1.28. The Morgan fingerprint density at radius 3 is 2.06 bits per heavy atom. The summed E-state index contributed by atoms with van der Waals surface area (Å²) in [6.45, 7) is 5.80. The van der Waals surface area contributed by atoms with Crippen molar-refractivity contribution in [2.45, 2.75) is 32.9 Å². The molecule has 1 atom stereocenters. The van der Waals surface area contributed by atoms with E-state index >= 15 is 0 Å². The first kappa shape index (κ1) is 14.9. The second-order valence-corrected chi connectivity index (χ2v) is 4.04. The minimum atomic E-state index is -0.0405. The molecule has 0 aliphatic rings. The van der Waals surface area contributed by atoms with Gasteiger partial charge < -0.3 is 11.1 Å². The summed E-state index contributed by atoms with van der Waals surface area (Å²) in [6.07, 6.45) is 0. The first-order valence-electron chi connectivity index (χ1n) is 5.17. The van der Waals surface area contributed by atoms with E-state index in [1.54, 1.807) is 12.1 Å². The molecule has 90 valence electrons. The fraction of sp³-hybridized carbons (Fsp3) is 0.417. The lowest BCUT2D eigenvalue weighted by Crippen LogP contribution is -2.30. The largest absolute Gasteiger partial charge is 0.350 e. The van der Waals surface area contributed by atoms with Gasteiger partial charge in [-0.05, 0) is 38.5 Å². The third kappa shape index (κ3) is 4.21. The molecule has 0 aliphatic heterocycles. The van der Waals surface area contributed by atoms with Crippen LogP contribution in [0.4, 0.5) is 0 Å². The van der Waals surface area contributed by atoms with Crippen LogP contribution < -0.4 is 11.1 Å². The van der Waals surface area contributed by atoms with Gasteiger partial charge in [0.05, 0.1) is 0 Å². The van der Waals surface area contributed by atoms with E-state index in [0.29, 0.717) is 5.56 Å². The van der Waals surface area contributed by atoms with Crippen LogP contribution in [0.15, 0.2) is 24.3 Å². The highest BCUT2D eigenvalue weighted by Crippen LogP contribution is 2.10. The van der Waals surface area contributed by atoms with E-state index in [4.69, 9.17) is 5.73 Å². The van der Waals surface area contributed by atoms with Gasteiger partial charge in [-0.25, -0.2) is 0 Å². The van der Waals surface area contributed by atoms with E-state index in [1.807, 2.05) is 32.9 Å². The lowest BCUT2D eigenvalue weighted by Gasteiger charge is -2.09. The molecular formula is C12H19ClN2O. The van der Waals surface area contributed by atoms with Crippen LogP contribution in [-0.2, 0) is 0 Å². The Balaban J connectivity index is 0.00000225. The molecule has 0 spiro atoms. The van der Waals surface area contributed by atoms with E-state index < -0.39 is 0 Å². The zero-order chi connectivity index (χ0) is 11.4. The van der Waals surface area contributed by atoms with Gasteiger partial charge in [-0.15, -0.1) is 12.4 Å². The van der Waals surface area contributed by atoms with Crippen LogP contribution in [0.1, 0.15) is 42.7 Å². The molecule has 16 heavy (non-hydrogen) atoms. The Labute approximate surface area is 103 Å². The summed E-state index contributed by atoms with van der Waals surface area (Å²) in [4.78, 5) is 11.6. The molecule has 0 aromatic heterocycles. The Bertz CT molecular complexity index is 333. The van der Waals surface area contributed by atoms with Crippen molar-refractivity contribution in [2.75, 3.05) is 0 Å². The van der Waals surface area contributed by atoms with Crippen LogP contribution in [0, 0.1) is 0 Å². The SMILES string of the molecule is CC(C)NC(=O)c1ccc([C@H](C)N)cc1.Cl. The van der Waals surface area contributed by atoms with Gasteiger partial charge in [0, 0.05) is 17.6 Å². The maximum atomic E-state index is 11.6. The van der Waals surface area contributed by atoms with Gasteiger partial charge in [-0.3, -0.25) is 4.79 Å². The number of carbonyl (C=O) groups excluding carboxylic acids is 1. The average molecular weight is 243 g/mol. The van der Waals surface area contributed by atoms with Crippen molar-refractivity contribution >= 4 is 18.3 Å². The van der Waals surface area contributed by atoms with E-state index in [1.165, 1.54) is 0 Å². The number of nitrogens with one attached hydrogen (secondary N) is 1. The molecule has 1 aromatic carbocycles. The quantitative estimate of drug-likeness (QED) is 0.854. The highest BCUT2D eigenvalue weighted by atomic mass is 35.5. The number of halogens is 1. The maximum Gasteiger partial charge on any atom is 0.251 e. The molecule has 1 amide bonds. The molecule has 0 unspecified atom stereocenters. The molecule has 3 nitrogen and oxygen atoms in total. The average Bonchev–Trinajstić information content (AvgIpc) is 2.17. The van der Waals surface area contributed by atoms with Gasteiger partial charge in [0.25, 0.3) is 5.91 Å². The van der Waals surface area contributed by atoms with Crippen molar-refractivity contribution in [3.8, 4) is 0 Å². The van der Waals surface area contributed by atoms with Crippen molar-refractivity contribution in [1.29, 1.82) is 0 Å². The number of rotatable bonds is 3. The number of amides is 1. The molecule has 0 saturated carbocycles. The van der Waals surface area contributed by atoms with Crippen molar-refractivity contribution in [2.24, 2.45) is 5.73 Å². The van der Waals surface area contributed by atoms with Gasteiger partial charge in [0.2, 0.25) is 0 Å². The predicted octanol–water partition coefficient (Wildman–Crippen LogP) is 2.27. The van der Waals surface area contributed by atoms with Crippen LogP contribution in [0.5, 0.6) is 0 Å². The third-order valence-corrected chi connectivity index (χ3v) is 2.12. The van der Waals surface area contributed by atoms with Crippen molar-refractivity contribution in [1.82, 2.24) is 5.32 Å². The molecule has 0 radical (unpaired) electrons. The Morgan fingerprint density at radius 2 is 1.69 bits per heavy atom. The first-order chi connectivity index (χ1) is 7.00. The number of hydrogen-bond donors (Lipinski definition) is 2. The molecule has 0 bridgehead atoms. The Morgan fingerprint density at radius 1 is 1.19 bits per heavy atom. The topological polar surface area (TPSA) is 55.1 Å². The highest BCUT2D eigenvalue weighted by Gasteiger charge is 2.07. The molecule has 0 fully saturated rings. The third-order valence-electron chi connectivity index (χ3n) is 2.12. The van der Waals surface area contributed by atoms with Crippen molar-refractivity contribution < 1.29 is 4.79 Å². The van der Waals surface area contributed by atoms with Gasteiger partial charge in [-0.2, -0.15) is 0 Å². The van der Waals surface area contributed by atoms with Crippen LogP contribution in [0.25, 0.3) is 0 Å². The highest BCUT2D eigenvalue weighted by molar-refractivity contribution is 5.94. The second-order valence-electron chi connectivity index (χ2n) is 4.04. The zero-order valence-electron chi connectivity index (χ0n) is 9.86. The molecule has 4 heteroatoms. The number of hydrogen-bond acceptors (Lipinski definition) is 2. The molecule has 1 aromatic rings. The van der Waals surface area contributed by atoms with Gasteiger partial charge in [0.1, 0.15) is 0 Å². The minimum absolute atomic E-state index is 0. The number of nitrogens with two attached hydrogens (primary N) is 1. The van der Waals surface area contributed by atoms with Crippen LogP contribution in [-0.4, -0.2) is 11.9 Å². The molecule has 3 N–H and O–H groups in total. The monoisotopic (exact) mass is 242 g/mol. The zero-order valence-corrected chi connectivity index (χ0v) is 10.7. The lowest BCUT2D eigenvalue weighted by molar-refractivity contribution is 0.0943. The van der Waals surface area contributed by atoms with Gasteiger partial charge >= 0.3 is 0 Å². The summed E-state index contributed by atoms with van der Waals surface area (Å²) >= 11 is 0. The first-order valence-corrected chi connectivity index (χ1v) is 5.17. The predicted molar refractivity (Wildman–Crippen MR) is 68.9 cm³/mol. The van der Waals surface area contributed by atoms with E-state index in [-0.39, 0.29) is 30.4 Å². The Kier molecular flexibility index (Phi) is 6.08. The van der Waals surface area contributed by atoms with Gasteiger partial charge in [-0.1, -0.05) is 12.1 Å². The van der Waals surface area contributed by atoms with E-state index in [9.17, 15) is 4.79 Å². The number of carbonyl (C=O) groups is 1. The maximum absolute atomic E-state index is 11.6. The lowest BCUT2D eigenvalue weighted by atomic mass is 10.1. The second kappa shape index (κ2) is 6.51. The number of benzene rings is 1. The van der Waals surface area contributed by atoms with Crippen LogP contribution >= 0.6 is 12.4 Å². The standard InChI is InChI=1S/C12H18N2O.ClH/c1-8(2)14-12(15)11-6-4-10(5-7-11)9(3)13;/h4-9H,13H2,1-3H3,(H,14,15);1H/t9-;/m0./s1. The summed E-state index contributed by atoms with van der Waals surface area (Å²) in [7, 11) is 0. The van der Waals surface area contributed by atoms with Crippen molar-refractivity contribution in [3.63, 3.8) is 0 Å². The normalized spacial score (nSPS) is 11.8. The summed E-state index contributed by atoms with van der Waals surface area (Å²) in [5, 5.41) is 2.84. The van der Waals surface area contributed by atoms with Crippen LogP contribution in [0.3, 0.4) is 0 Å². The summed E-state index contributed by atoms with van der Waals surface area (Å²) in [5.41, 5.74) is 7.43. The Hall–Kier alpha value is -1.06.